The van der Waals surface area contributed by atoms with Crippen LogP contribution in [0.25, 0.3) is 11.5 Å². The van der Waals surface area contributed by atoms with Crippen LogP contribution in [-0.4, -0.2) is 19.7 Å². The van der Waals surface area contributed by atoms with Crippen LogP contribution in [0.5, 0.6) is 0 Å². The van der Waals surface area contributed by atoms with Crippen molar-refractivity contribution in [2.45, 2.75) is 39.2 Å². The Bertz CT molecular complexity index is 576. The summed E-state index contributed by atoms with van der Waals surface area (Å²) in [4.78, 5) is 9.10. The van der Waals surface area contributed by atoms with Crippen LogP contribution in [0.1, 0.15) is 31.0 Å². The monoisotopic (exact) mass is 262 g/mol. The van der Waals surface area contributed by atoms with Crippen molar-refractivity contribution in [3.8, 4) is 11.5 Å². The Morgan fingerprint density at radius 1 is 1.28 bits per heavy atom. The van der Waals surface area contributed by atoms with Gasteiger partial charge in [-0.3, -0.25) is 4.68 Å². The molecule has 0 bridgehead atoms. The molecule has 94 valence electrons. The van der Waals surface area contributed by atoms with Gasteiger partial charge in [-0.15, -0.1) is 0 Å². The van der Waals surface area contributed by atoms with E-state index in [2.05, 4.69) is 22.0 Å². The van der Waals surface area contributed by atoms with Gasteiger partial charge in [0.25, 0.3) is 0 Å². The Kier molecular flexibility index (Phi) is 3.04. The molecular weight excluding hydrogens is 248 g/mol. The van der Waals surface area contributed by atoms with Gasteiger partial charge in [0.05, 0.1) is 0 Å². The highest BCUT2D eigenvalue weighted by Gasteiger charge is 2.18. The fraction of sp³-hybridized carbons (Fsp3) is 0.462. The molecule has 0 aliphatic heterocycles. The minimum absolute atomic E-state index is 0.610. The van der Waals surface area contributed by atoms with E-state index in [1.54, 1.807) is 6.20 Å². The summed E-state index contributed by atoms with van der Waals surface area (Å²) in [6.07, 6.45) is 6.15. The summed E-state index contributed by atoms with van der Waals surface area (Å²) < 4.78 is 1.89. The van der Waals surface area contributed by atoms with E-state index in [9.17, 15) is 0 Å². The van der Waals surface area contributed by atoms with Gasteiger partial charge in [0.2, 0.25) is 0 Å². The lowest BCUT2D eigenvalue weighted by atomic mass is 9.97. The molecule has 0 saturated heterocycles. The third-order valence-corrected chi connectivity index (χ3v) is 3.69. The highest BCUT2D eigenvalue weighted by molar-refractivity contribution is 6.30. The fourth-order valence-electron chi connectivity index (χ4n) is 2.44. The third kappa shape index (κ3) is 1.90. The molecule has 0 unspecified atom stereocenters. The van der Waals surface area contributed by atoms with Crippen LogP contribution in [-0.2, 0) is 19.4 Å². The molecule has 3 rings (SSSR count). The molecule has 5 heteroatoms. The largest absolute Gasteiger partial charge is 0.262 e. The molecule has 18 heavy (non-hydrogen) atoms. The Balaban J connectivity index is 2.11. The number of hydrogen-bond donors (Lipinski definition) is 0. The van der Waals surface area contributed by atoms with Gasteiger partial charge in [-0.2, -0.15) is 5.10 Å². The van der Waals surface area contributed by atoms with Gasteiger partial charge in [0.15, 0.2) is 5.82 Å². The molecule has 0 N–H and O–H groups in total. The number of halogens is 1. The van der Waals surface area contributed by atoms with Gasteiger partial charge in [-0.25, -0.2) is 9.97 Å². The minimum Gasteiger partial charge on any atom is -0.262 e. The number of rotatable bonds is 2. The van der Waals surface area contributed by atoms with Crippen molar-refractivity contribution < 1.29 is 0 Å². The molecular formula is C13H15ClN4. The van der Waals surface area contributed by atoms with Crippen LogP contribution in [0.3, 0.4) is 0 Å². The van der Waals surface area contributed by atoms with Crippen molar-refractivity contribution >= 4 is 11.6 Å². The first-order valence-electron chi connectivity index (χ1n) is 6.37. The molecule has 0 saturated carbocycles. The quantitative estimate of drug-likeness (QED) is 0.782. The molecule has 0 fully saturated rings. The van der Waals surface area contributed by atoms with Crippen LogP contribution >= 0.6 is 11.6 Å². The summed E-state index contributed by atoms with van der Waals surface area (Å²) in [6.45, 7) is 2.86. The average molecular weight is 263 g/mol. The number of nitrogens with zero attached hydrogens (tertiary/aromatic N) is 4. The molecule has 2 heterocycles. The fourth-order valence-corrected chi connectivity index (χ4v) is 2.72. The van der Waals surface area contributed by atoms with E-state index < -0.39 is 0 Å². The zero-order valence-electron chi connectivity index (χ0n) is 10.4. The summed E-state index contributed by atoms with van der Waals surface area (Å²) in [5.41, 5.74) is 3.18. The van der Waals surface area contributed by atoms with Gasteiger partial charge >= 0.3 is 0 Å². The molecule has 0 atom stereocenters. The summed E-state index contributed by atoms with van der Waals surface area (Å²) >= 11 is 6.28. The van der Waals surface area contributed by atoms with Crippen molar-refractivity contribution in [3.05, 3.63) is 28.7 Å². The van der Waals surface area contributed by atoms with E-state index in [-0.39, 0.29) is 0 Å². The third-order valence-electron chi connectivity index (χ3n) is 3.38. The topological polar surface area (TPSA) is 43.6 Å². The van der Waals surface area contributed by atoms with E-state index in [1.165, 1.54) is 12.8 Å². The van der Waals surface area contributed by atoms with Gasteiger partial charge < -0.3 is 0 Å². The van der Waals surface area contributed by atoms with Gasteiger partial charge in [0, 0.05) is 24.0 Å². The smallest absolute Gasteiger partial charge is 0.179 e. The maximum atomic E-state index is 6.28. The van der Waals surface area contributed by atoms with Crippen LogP contribution < -0.4 is 0 Å². The predicted molar refractivity (Wildman–Crippen MR) is 70.6 cm³/mol. The van der Waals surface area contributed by atoms with E-state index in [4.69, 9.17) is 11.6 Å². The van der Waals surface area contributed by atoms with E-state index >= 15 is 0 Å². The molecule has 2 aromatic rings. The van der Waals surface area contributed by atoms with Gasteiger partial charge in [-0.1, -0.05) is 11.6 Å². The minimum atomic E-state index is 0.610. The van der Waals surface area contributed by atoms with Gasteiger partial charge in [0.1, 0.15) is 10.8 Å². The Labute approximate surface area is 111 Å². The predicted octanol–water partition coefficient (Wildman–Crippen LogP) is 2.89. The number of aromatic nitrogens is 4. The number of aryl methyl sites for hydroxylation is 2. The summed E-state index contributed by atoms with van der Waals surface area (Å²) in [7, 11) is 0. The van der Waals surface area contributed by atoms with Crippen LogP contribution in [0, 0.1) is 0 Å². The molecule has 0 aromatic carbocycles. The first-order valence-corrected chi connectivity index (χ1v) is 6.75. The Morgan fingerprint density at radius 3 is 2.94 bits per heavy atom. The van der Waals surface area contributed by atoms with Crippen LogP contribution in [0.15, 0.2) is 12.3 Å². The van der Waals surface area contributed by atoms with E-state index in [0.717, 1.165) is 36.3 Å². The van der Waals surface area contributed by atoms with Gasteiger partial charge in [-0.05, 0) is 38.7 Å². The van der Waals surface area contributed by atoms with E-state index in [1.807, 2.05) is 10.7 Å². The summed E-state index contributed by atoms with van der Waals surface area (Å²) in [6, 6.07) is 1.93. The average Bonchev–Trinajstić information content (AvgIpc) is 2.87. The van der Waals surface area contributed by atoms with Crippen molar-refractivity contribution in [1.29, 1.82) is 0 Å². The summed E-state index contributed by atoms with van der Waals surface area (Å²) in [5, 5.41) is 4.86. The Morgan fingerprint density at radius 2 is 2.11 bits per heavy atom. The lowest BCUT2D eigenvalue weighted by molar-refractivity contribution is 0.651. The lowest BCUT2D eigenvalue weighted by Gasteiger charge is -2.16. The molecule has 0 spiro atoms. The van der Waals surface area contributed by atoms with Crippen LogP contribution in [0.2, 0.25) is 5.15 Å². The second kappa shape index (κ2) is 4.69. The maximum Gasteiger partial charge on any atom is 0.179 e. The standard InChI is InChI=1S/C13H15ClN4/c1-2-18-11(7-8-15-18)13-16-10-6-4-3-5-9(10)12(14)17-13/h7-8H,2-6H2,1H3. The molecule has 4 nitrogen and oxygen atoms in total. The van der Waals surface area contributed by atoms with Crippen LogP contribution in [0.4, 0.5) is 0 Å². The zero-order valence-corrected chi connectivity index (χ0v) is 11.1. The first kappa shape index (κ1) is 11.7. The highest BCUT2D eigenvalue weighted by Crippen LogP contribution is 2.27. The molecule has 1 aliphatic carbocycles. The summed E-state index contributed by atoms with van der Waals surface area (Å²) in [5.74, 6) is 0.694. The lowest BCUT2D eigenvalue weighted by Crippen LogP contribution is -2.10. The second-order valence-corrected chi connectivity index (χ2v) is 4.86. The molecule has 0 amide bonds. The number of fused-ring (bicyclic) bond motifs is 1. The number of hydrogen-bond acceptors (Lipinski definition) is 3. The van der Waals surface area contributed by atoms with Crippen molar-refractivity contribution in [2.24, 2.45) is 0 Å². The first-order chi connectivity index (χ1) is 8.79. The Hall–Kier alpha value is -1.42. The van der Waals surface area contributed by atoms with E-state index in [0.29, 0.717) is 11.0 Å². The molecule has 0 radical (unpaired) electrons. The normalized spacial score (nSPS) is 14.6. The van der Waals surface area contributed by atoms with Crippen molar-refractivity contribution in [3.63, 3.8) is 0 Å². The highest BCUT2D eigenvalue weighted by atomic mass is 35.5. The zero-order chi connectivity index (χ0) is 12.5. The maximum absolute atomic E-state index is 6.28. The second-order valence-electron chi connectivity index (χ2n) is 4.50. The molecule has 2 aromatic heterocycles. The van der Waals surface area contributed by atoms with Crippen molar-refractivity contribution in [1.82, 2.24) is 19.7 Å². The molecule has 1 aliphatic rings. The SMILES string of the molecule is CCn1nccc1-c1nc(Cl)c2c(n1)CCCC2. The van der Waals surface area contributed by atoms with Crippen molar-refractivity contribution in [2.75, 3.05) is 0 Å².